The smallest absolute Gasteiger partial charge is 0.249 e. The molecule has 1 aliphatic rings. The zero-order valence-electron chi connectivity index (χ0n) is 14.3. The van der Waals surface area contributed by atoms with Gasteiger partial charge in [-0.1, -0.05) is 6.07 Å². The minimum Gasteiger partial charge on any atom is -0.504 e. The van der Waals surface area contributed by atoms with Crippen molar-refractivity contribution in [1.29, 1.82) is 0 Å². The van der Waals surface area contributed by atoms with Crippen LogP contribution in [0.4, 0.5) is 22.0 Å². The number of sulfonamides is 1. The molecule has 1 saturated carbocycles. The Balaban J connectivity index is 2.08. The Labute approximate surface area is 157 Å². The lowest BCUT2D eigenvalue weighted by Crippen LogP contribution is -2.34. The number of benzene rings is 2. The molecule has 1 N–H and O–H groups in total. The third-order valence-corrected chi connectivity index (χ3v) is 6.19. The number of hydrogen-bond acceptors (Lipinski definition) is 4. The lowest BCUT2D eigenvalue weighted by Gasteiger charge is -2.23. The third kappa shape index (κ3) is 3.39. The summed E-state index contributed by atoms with van der Waals surface area (Å²) in [6.07, 6.45) is 0.730. The van der Waals surface area contributed by atoms with E-state index < -0.39 is 56.6 Å². The van der Waals surface area contributed by atoms with Gasteiger partial charge in [0.1, 0.15) is 0 Å². The van der Waals surface area contributed by atoms with Crippen molar-refractivity contribution >= 4 is 10.0 Å². The molecule has 0 heterocycles. The second-order valence-corrected chi connectivity index (χ2v) is 8.01. The maximum absolute atomic E-state index is 14.1. The molecular formula is C17H14F5NO4S. The van der Waals surface area contributed by atoms with Crippen LogP contribution < -0.4 is 4.74 Å². The van der Waals surface area contributed by atoms with Gasteiger partial charge in [-0.3, -0.25) is 0 Å². The molecule has 0 radical (unpaired) electrons. The summed E-state index contributed by atoms with van der Waals surface area (Å²) in [5, 5.41) is 9.61. The van der Waals surface area contributed by atoms with Gasteiger partial charge in [-0.05, 0) is 30.5 Å². The van der Waals surface area contributed by atoms with Crippen LogP contribution in [0.5, 0.6) is 11.5 Å². The first kappa shape index (κ1) is 20.3. The second kappa shape index (κ2) is 7.21. The molecule has 2 aromatic rings. The Morgan fingerprint density at radius 3 is 2.07 bits per heavy atom. The molecule has 0 aromatic heterocycles. The van der Waals surface area contributed by atoms with Crippen LogP contribution in [-0.2, 0) is 16.6 Å². The fraction of sp³-hybridized carbons (Fsp3) is 0.294. The Morgan fingerprint density at radius 1 is 1.04 bits per heavy atom. The summed E-state index contributed by atoms with van der Waals surface area (Å²) < 4.78 is 99.6. The van der Waals surface area contributed by atoms with Gasteiger partial charge in [-0.25, -0.2) is 30.4 Å². The van der Waals surface area contributed by atoms with E-state index in [0.29, 0.717) is 17.1 Å². The van der Waals surface area contributed by atoms with Crippen molar-refractivity contribution in [3.05, 3.63) is 52.8 Å². The number of methoxy groups -OCH3 is 1. The fourth-order valence-corrected chi connectivity index (χ4v) is 4.49. The normalized spacial score (nSPS) is 14.5. The predicted octanol–water partition coefficient (Wildman–Crippen LogP) is 3.45. The van der Waals surface area contributed by atoms with E-state index >= 15 is 0 Å². The molecule has 0 spiro atoms. The number of aromatic hydroxyl groups is 1. The van der Waals surface area contributed by atoms with Crippen molar-refractivity contribution in [2.24, 2.45) is 0 Å². The quantitative estimate of drug-likeness (QED) is 0.439. The third-order valence-electron chi connectivity index (χ3n) is 4.27. The highest BCUT2D eigenvalue weighted by molar-refractivity contribution is 7.89. The van der Waals surface area contributed by atoms with Gasteiger partial charge < -0.3 is 9.84 Å². The minimum absolute atomic E-state index is 0.0295. The number of nitrogens with zero attached hydrogens (tertiary/aromatic N) is 1. The van der Waals surface area contributed by atoms with Crippen LogP contribution in [0.3, 0.4) is 0 Å². The van der Waals surface area contributed by atoms with Gasteiger partial charge in [0, 0.05) is 12.6 Å². The molecule has 28 heavy (non-hydrogen) atoms. The average Bonchev–Trinajstić information content (AvgIpc) is 3.48. The summed E-state index contributed by atoms with van der Waals surface area (Å²) in [7, 11) is -3.79. The first-order valence-corrected chi connectivity index (χ1v) is 9.42. The maximum Gasteiger partial charge on any atom is 0.249 e. The summed E-state index contributed by atoms with van der Waals surface area (Å²) in [6, 6.07) is 3.23. The zero-order valence-corrected chi connectivity index (χ0v) is 15.2. The topological polar surface area (TPSA) is 66.8 Å². The number of hydrogen-bond donors (Lipinski definition) is 1. The Bertz CT molecular complexity index is 1010. The zero-order chi connectivity index (χ0) is 20.8. The lowest BCUT2D eigenvalue weighted by molar-refractivity contribution is 0.345. The molecule has 11 heteroatoms. The highest BCUT2D eigenvalue weighted by Gasteiger charge is 2.43. The Kier molecular flexibility index (Phi) is 5.24. The number of phenolic OH excluding ortho intramolecular Hbond substituents is 1. The molecule has 2 aromatic carbocycles. The Hall–Kier alpha value is -2.40. The second-order valence-electron chi connectivity index (χ2n) is 6.19. The molecule has 0 amide bonds. The molecule has 1 fully saturated rings. The van der Waals surface area contributed by atoms with Gasteiger partial charge in [-0.15, -0.1) is 0 Å². The van der Waals surface area contributed by atoms with E-state index in [-0.39, 0.29) is 17.1 Å². The maximum atomic E-state index is 14.1. The van der Waals surface area contributed by atoms with Crippen LogP contribution in [-0.4, -0.2) is 31.0 Å². The van der Waals surface area contributed by atoms with E-state index in [4.69, 9.17) is 4.74 Å². The predicted molar refractivity (Wildman–Crippen MR) is 86.6 cm³/mol. The summed E-state index contributed by atoms with van der Waals surface area (Å²) in [5.74, 6) is -12.1. The van der Waals surface area contributed by atoms with E-state index in [1.54, 1.807) is 0 Å². The lowest BCUT2D eigenvalue weighted by atomic mass is 10.2. The van der Waals surface area contributed by atoms with Gasteiger partial charge in [0.25, 0.3) is 0 Å². The minimum atomic E-state index is -5.06. The van der Waals surface area contributed by atoms with Gasteiger partial charge >= 0.3 is 0 Å². The highest BCUT2D eigenvalue weighted by atomic mass is 32.2. The molecule has 3 rings (SSSR count). The molecule has 0 bridgehead atoms. The molecule has 0 saturated heterocycles. The average molecular weight is 423 g/mol. The van der Waals surface area contributed by atoms with Crippen LogP contribution in [0.25, 0.3) is 0 Å². The van der Waals surface area contributed by atoms with Crippen LogP contribution in [0, 0.1) is 29.1 Å². The van der Waals surface area contributed by atoms with Crippen molar-refractivity contribution in [3.8, 4) is 11.5 Å². The summed E-state index contributed by atoms with van der Waals surface area (Å²) in [5.41, 5.74) is 0.286. The Morgan fingerprint density at radius 2 is 1.57 bits per heavy atom. The van der Waals surface area contributed by atoms with Gasteiger partial charge in [0.15, 0.2) is 39.7 Å². The van der Waals surface area contributed by atoms with Crippen LogP contribution >= 0.6 is 0 Å². The number of ether oxygens (including phenoxy) is 1. The molecule has 152 valence electrons. The van der Waals surface area contributed by atoms with Crippen molar-refractivity contribution in [2.75, 3.05) is 7.11 Å². The van der Waals surface area contributed by atoms with Crippen LogP contribution in [0.2, 0.25) is 0 Å². The number of phenols is 1. The summed E-state index contributed by atoms with van der Waals surface area (Å²) >= 11 is 0. The van der Waals surface area contributed by atoms with Crippen molar-refractivity contribution in [3.63, 3.8) is 0 Å². The summed E-state index contributed by atoms with van der Waals surface area (Å²) in [4.78, 5) is -1.89. The van der Waals surface area contributed by atoms with Crippen molar-refractivity contribution in [1.82, 2.24) is 4.31 Å². The first-order valence-electron chi connectivity index (χ1n) is 7.98. The molecule has 0 atom stereocenters. The molecule has 5 nitrogen and oxygen atoms in total. The first-order chi connectivity index (χ1) is 13.1. The standard InChI is InChI=1S/C17H14F5NO4S/c1-27-11-6-8(2-5-10(11)24)7-23(9-3-4-9)28(25,26)17-15(21)13(19)12(18)14(20)16(17)22/h2,5-6,9,24H,3-4,7H2,1H3. The van der Waals surface area contributed by atoms with Gasteiger partial charge in [-0.2, -0.15) is 4.31 Å². The van der Waals surface area contributed by atoms with E-state index in [1.807, 2.05) is 0 Å². The van der Waals surface area contributed by atoms with Gasteiger partial charge in [0.2, 0.25) is 15.8 Å². The molecular weight excluding hydrogens is 409 g/mol. The summed E-state index contributed by atoms with van der Waals surface area (Å²) in [6.45, 7) is -0.414. The van der Waals surface area contributed by atoms with E-state index in [1.165, 1.54) is 25.3 Å². The van der Waals surface area contributed by atoms with E-state index in [2.05, 4.69) is 0 Å². The van der Waals surface area contributed by atoms with Gasteiger partial charge in [0.05, 0.1) is 7.11 Å². The van der Waals surface area contributed by atoms with Crippen molar-refractivity contribution in [2.45, 2.75) is 30.3 Å². The molecule has 1 aliphatic carbocycles. The van der Waals surface area contributed by atoms with E-state index in [9.17, 15) is 35.5 Å². The monoisotopic (exact) mass is 423 g/mol. The number of halogens is 5. The fourth-order valence-electron chi connectivity index (χ4n) is 2.70. The van der Waals surface area contributed by atoms with Crippen LogP contribution in [0.15, 0.2) is 23.1 Å². The van der Waals surface area contributed by atoms with Crippen LogP contribution in [0.1, 0.15) is 18.4 Å². The highest BCUT2D eigenvalue weighted by Crippen LogP contribution is 2.37. The number of rotatable bonds is 6. The SMILES string of the molecule is COc1cc(CN(C2CC2)S(=O)(=O)c2c(F)c(F)c(F)c(F)c2F)ccc1O. The van der Waals surface area contributed by atoms with Crippen molar-refractivity contribution < 1.29 is 40.2 Å². The molecule has 0 aliphatic heterocycles. The largest absolute Gasteiger partial charge is 0.504 e. The van der Waals surface area contributed by atoms with E-state index in [0.717, 1.165) is 0 Å². The molecule has 0 unspecified atom stereocenters.